The minimum Gasteiger partial charge on any atom is -0.363 e. The maximum Gasteiger partial charge on any atom is 0.418 e. The first-order valence-corrected chi connectivity index (χ1v) is 4.71. The van der Waals surface area contributed by atoms with Crippen LogP contribution in [0.2, 0.25) is 0 Å². The molecule has 1 aliphatic heterocycles. The summed E-state index contributed by atoms with van der Waals surface area (Å²) in [7, 11) is 0. The molecule has 0 aliphatic carbocycles. The Balaban J connectivity index is 2.72. The molecule has 0 aromatic rings. The molecule has 5 heteroatoms. The number of alkyl halides is 3. The van der Waals surface area contributed by atoms with Crippen LogP contribution in [0, 0.1) is 0 Å². The van der Waals surface area contributed by atoms with Crippen molar-refractivity contribution in [2.45, 2.75) is 38.6 Å². The van der Waals surface area contributed by atoms with E-state index >= 15 is 0 Å². The summed E-state index contributed by atoms with van der Waals surface area (Å²) in [5.74, 6) is 0. The van der Waals surface area contributed by atoms with Gasteiger partial charge in [0.15, 0.2) is 5.60 Å². The van der Waals surface area contributed by atoms with Crippen molar-refractivity contribution in [2.24, 2.45) is 0 Å². The van der Waals surface area contributed by atoms with Gasteiger partial charge in [0.05, 0.1) is 6.61 Å². The molecule has 1 saturated heterocycles. The number of halogens is 3. The smallest absolute Gasteiger partial charge is 0.363 e. The summed E-state index contributed by atoms with van der Waals surface area (Å²) in [6.07, 6.45) is -4.29. The van der Waals surface area contributed by atoms with E-state index < -0.39 is 11.8 Å². The zero-order chi connectivity index (χ0) is 11.0. The topological polar surface area (TPSA) is 12.5 Å². The van der Waals surface area contributed by atoms with Crippen molar-refractivity contribution in [1.82, 2.24) is 4.90 Å². The number of hydrogen-bond donors (Lipinski definition) is 0. The predicted octanol–water partition coefficient (Wildman–Crippen LogP) is 2.05. The fourth-order valence-electron chi connectivity index (χ4n) is 1.51. The van der Waals surface area contributed by atoms with Crippen molar-refractivity contribution in [3.63, 3.8) is 0 Å². The maximum absolute atomic E-state index is 12.6. The van der Waals surface area contributed by atoms with E-state index in [9.17, 15) is 13.2 Å². The molecule has 0 amide bonds. The Hall–Kier alpha value is -0.290. The minimum atomic E-state index is -4.29. The molecule has 1 fully saturated rings. The lowest BCUT2D eigenvalue weighted by molar-refractivity contribution is -0.290. The lowest BCUT2D eigenvalue weighted by Gasteiger charge is -2.42. The van der Waals surface area contributed by atoms with E-state index in [4.69, 9.17) is 4.74 Å². The summed E-state index contributed by atoms with van der Waals surface area (Å²) in [6, 6.07) is 0.126. The molecule has 1 atom stereocenters. The van der Waals surface area contributed by atoms with E-state index in [1.165, 1.54) is 0 Å². The lowest BCUT2D eigenvalue weighted by atomic mass is 10.0. The molecule has 84 valence electrons. The molecule has 14 heavy (non-hydrogen) atoms. The quantitative estimate of drug-likeness (QED) is 0.658. The summed E-state index contributed by atoms with van der Waals surface area (Å²) in [5, 5.41) is 0. The molecule has 0 aromatic carbocycles. The van der Waals surface area contributed by atoms with Crippen LogP contribution in [-0.2, 0) is 4.74 Å². The second kappa shape index (κ2) is 3.70. The Kier molecular flexibility index (Phi) is 3.11. The molecule has 0 spiro atoms. The van der Waals surface area contributed by atoms with Gasteiger partial charge in [-0.25, -0.2) is 0 Å². The Labute approximate surface area is 82.0 Å². The number of rotatable bonds is 1. The fourth-order valence-corrected chi connectivity index (χ4v) is 1.51. The van der Waals surface area contributed by atoms with Gasteiger partial charge in [-0.15, -0.1) is 0 Å². The van der Waals surface area contributed by atoms with E-state index in [1.807, 2.05) is 13.8 Å². The van der Waals surface area contributed by atoms with Crippen molar-refractivity contribution >= 4 is 0 Å². The third-order valence-corrected chi connectivity index (χ3v) is 2.63. The Morgan fingerprint density at radius 1 is 1.36 bits per heavy atom. The van der Waals surface area contributed by atoms with Gasteiger partial charge in [-0.1, -0.05) is 0 Å². The molecule has 0 N–H and O–H groups in total. The molecule has 0 radical (unpaired) electrons. The van der Waals surface area contributed by atoms with Crippen molar-refractivity contribution in [2.75, 3.05) is 19.7 Å². The van der Waals surface area contributed by atoms with Crippen molar-refractivity contribution < 1.29 is 17.9 Å². The van der Waals surface area contributed by atoms with Crippen molar-refractivity contribution in [3.8, 4) is 0 Å². The first-order valence-electron chi connectivity index (χ1n) is 4.71. The number of morpholine rings is 1. The van der Waals surface area contributed by atoms with Crippen LogP contribution in [0.4, 0.5) is 13.2 Å². The highest BCUT2D eigenvalue weighted by atomic mass is 19.4. The number of ether oxygens (including phenoxy) is 1. The van der Waals surface area contributed by atoms with Gasteiger partial charge >= 0.3 is 6.18 Å². The molecule has 0 bridgehead atoms. The van der Waals surface area contributed by atoms with E-state index in [-0.39, 0.29) is 19.2 Å². The highest BCUT2D eigenvalue weighted by Crippen LogP contribution is 2.36. The summed E-state index contributed by atoms with van der Waals surface area (Å²) in [4.78, 5) is 1.79. The Morgan fingerprint density at radius 3 is 2.36 bits per heavy atom. The lowest BCUT2D eigenvalue weighted by Crippen LogP contribution is -2.59. The molecule has 0 saturated carbocycles. The summed E-state index contributed by atoms with van der Waals surface area (Å²) < 4.78 is 42.7. The van der Waals surface area contributed by atoms with Gasteiger partial charge in [-0.05, 0) is 20.8 Å². The summed E-state index contributed by atoms with van der Waals surface area (Å²) >= 11 is 0. The van der Waals surface area contributed by atoms with Gasteiger partial charge in [0.2, 0.25) is 0 Å². The van der Waals surface area contributed by atoms with Crippen LogP contribution in [0.1, 0.15) is 20.8 Å². The first-order chi connectivity index (χ1) is 6.26. The molecular weight excluding hydrogens is 195 g/mol. The number of hydrogen-bond acceptors (Lipinski definition) is 2. The van der Waals surface area contributed by atoms with E-state index in [2.05, 4.69) is 0 Å². The summed E-state index contributed by atoms with van der Waals surface area (Å²) in [5.41, 5.74) is -2.00. The standard InChI is InChI=1S/C9H16F3NO/c1-7(2)13-4-5-14-8(3,6-13)9(10,11)12/h7H,4-6H2,1-3H3. The van der Waals surface area contributed by atoms with Gasteiger partial charge < -0.3 is 4.74 Å². The Morgan fingerprint density at radius 2 is 1.93 bits per heavy atom. The third-order valence-electron chi connectivity index (χ3n) is 2.63. The monoisotopic (exact) mass is 211 g/mol. The molecular formula is C9H16F3NO. The highest BCUT2D eigenvalue weighted by molar-refractivity contribution is 4.91. The van der Waals surface area contributed by atoms with Crippen LogP contribution < -0.4 is 0 Å². The molecule has 1 unspecified atom stereocenters. The molecule has 1 rings (SSSR count). The van der Waals surface area contributed by atoms with Crippen LogP contribution in [-0.4, -0.2) is 42.4 Å². The normalized spacial score (nSPS) is 31.1. The van der Waals surface area contributed by atoms with E-state index in [0.29, 0.717) is 6.54 Å². The Bertz CT molecular complexity index is 205. The van der Waals surface area contributed by atoms with E-state index in [1.54, 1.807) is 4.90 Å². The molecule has 2 nitrogen and oxygen atoms in total. The minimum absolute atomic E-state index is 0.0752. The fraction of sp³-hybridized carbons (Fsp3) is 1.00. The van der Waals surface area contributed by atoms with Gasteiger partial charge in [0.1, 0.15) is 0 Å². The molecule has 0 aromatic heterocycles. The van der Waals surface area contributed by atoms with Gasteiger partial charge in [0.25, 0.3) is 0 Å². The van der Waals surface area contributed by atoms with Crippen LogP contribution in [0.15, 0.2) is 0 Å². The van der Waals surface area contributed by atoms with Crippen molar-refractivity contribution in [1.29, 1.82) is 0 Å². The second-order valence-electron chi connectivity index (χ2n) is 4.14. The van der Waals surface area contributed by atoms with Crippen molar-refractivity contribution in [3.05, 3.63) is 0 Å². The van der Waals surface area contributed by atoms with Crippen LogP contribution >= 0.6 is 0 Å². The van der Waals surface area contributed by atoms with Gasteiger partial charge in [0, 0.05) is 19.1 Å². The third kappa shape index (κ3) is 2.20. The zero-order valence-electron chi connectivity index (χ0n) is 8.69. The first kappa shape index (κ1) is 11.8. The largest absolute Gasteiger partial charge is 0.418 e. The van der Waals surface area contributed by atoms with Crippen LogP contribution in [0.3, 0.4) is 0 Å². The second-order valence-corrected chi connectivity index (χ2v) is 4.14. The average molecular weight is 211 g/mol. The van der Waals surface area contributed by atoms with Crippen LogP contribution in [0.25, 0.3) is 0 Å². The number of nitrogens with zero attached hydrogens (tertiary/aromatic N) is 1. The predicted molar refractivity (Wildman–Crippen MR) is 47.1 cm³/mol. The highest BCUT2D eigenvalue weighted by Gasteiger charge is 2.54. The zero-order valence-corrected chi connectivity index (χ0v) is 8.69. The SMILES string of the molecule is CC(C)N1CCOC(C)(C(F)(F)F)C1. The van der Waals surface area contributed by atoms with Crippen LogP contribution in [0.5, 0.6) is 0 Å². The maximum atomic E-state index is 12.6. The van der Waals surface area contributed by atoms with Gasteiger partial charge in [-0.2, -0.15) is 13.2 Å². The van der Waals surface area contributed by atoms with Gasteiger partial charge in [-0.3, -0.25) is 4.90 Å². The average Bonchev–Trinajstić information content (AvgIpc) is 2.02. The summed E-state index contributed by atoms with van der Waals surface area (Å²) in [6.45, 7) is 5.54. The van der Waals surface area contributed by atoms with E-state index in [0.717, 1.165) is 6.92 Å². The molecule has 1 heterocycles. The molecule has 1 aliphatic rings.